The quantitative estimate of drug-likeness (QED) is 0.0720. The number of hydrogen-bond acceptors (Lipinski definition) is 8. The van der Waals surface area contributed by atoms with Crippen molar-refractivity contribution >= 4 is 10.4 Å². The van der Waals surface area contributed by atoms with Crippen molar-refractivity contribution in [1.29, 1.82) is 0 Å². The molecule has 10 heteroatoms. The summed E-state index contributed by atoms with van der Waals surface area (Å²) in [5, 5.41) is 22.8. The van der Waals surface area contributed by atoms with Crippen LogP contribution in [0, 0.1) is 52.3 Å². The second kappa shape index (κ2) is 17.7. The van der Waals surface area contributed by atoms with E-state index in [1.165, 1.54) is 57.8 Å². The molecule has 4 fully saturated rings. The third kappa shape index (κ3) is 10.1. The Kier molecular flexibility index (Phi) is 14.9. The van der Waals surface area contributed by atoms with Crippen LogP contribution in [0.3, 0.4) is 0 Å². The molecule has 4 rings (SSSR count). The van der Waals surface area contributed by atoms with Gasteiger partial charge in [0.1, 0.15) is 0 Å². The van der Waals surface area contributed by atoms with E-state index in [1.54, 1.807) is 0 Å². The predicted molar refractivity (Wildman–Crippen MR) is 191 cm³/mol. The molecule has 4 aliphatic carbocycles. The minimum atomic E-state index is -4.46. The molecule has 276 valence electrons. The molecular formula is C37H72N4O5S. The molecule has 0 aliphatic heterocycles. The maximum absolute atomic E-state index is 11.8. The Morgan fingerprint density at radius 2 is 1.47 bits per heavy atom. The summed E-state index contributed by atoms with van der Waals surface area (Å²) < 4.78 is 37.2. The maximum atomic E-state index is 11.8. The fourth-order valence-electron chi connectivity index (χ4n) is 11.2. The van der Waals surface area contributed by atoms with E-state index in [9.17, 15) is 18.1 Å². The Hall–Kier alpha value is -0.330. The van der Waals surface area contributed by atoms with E-state index >= 15 is 0 Å². The number of nitrogens with two attached hydrogens (primary N) is 1. The van der Waals surface area contributed by atoms with Crippen molar-refractivity contribution in [3.8, 4) is 0 Å². The zero-order valence-electron chi connectivity index (χ0n) is 30.5. The largest absolute Gasteiger partial charge is 0.397 e. The molecule has 0 amide bonds. The Labute approximate surface area is 288 Å². The van der Waals surface area contributed by atoms with E-state index in [2.05, 4.69) is 36.7 Å². The van der Waals surface area contributed by atoms with Crippen LogP contribution in [0.2, 0.25) is 0 Å². The van der Waals surface area contributed by atoms with Crippen molar-refractivity contribution in [1.82, 2.24) is 16.0 Å². The third-order valence-corrected chi connectivity index (χ3v) is 14.3. The van der Waals surface area contributed by atoms with Crippen LogP contribution < -0.4 is 21.7 Å². The van der Waals surface area contributed by atoms with Gasteiger partial charge in [-0.15, -0.1) is 0 Å². The van der Waals surface area contributed by atoms with E-state index < -0.39 is 16.5 Å². The van der Waals surface area contributed by atoms with Gasteiger partial charge in [0.2, 0.25) is 0 Å². The van der Waals surface area contributed by atoms with Gasteiger partial charge in [-0.05, 0) is 181 Å². The lowest BCUT2D eigenvalue weighted by Crippen LogP contribution is -2.59. The molecule has 0 bridgehead atoms. The highest BCUT2D eigenvalue weighted by molar-refractivity contribution is 7.80. The Bertz CT molecular complexity index is 1050. The summed E-state index contributed by atoms with van der Waals surface area (Å²) in [5.41, 5.74) is 6.08. The van der Waals surface area contributed by atoms with Crippen molar-refractivity contribution in [2.24, 2.45) is 58.0 Å². The van der Waals surface area contributed by atoms with Gasteiger partial charge < -0.3 is 26.8 Å². The van der Waals surface area contributed by atoms with Gasteiger partial charge in [-0.2, -0.15) is 8.42 Å². The molecule has 0 saturated heterocycles. The van der Waals surface area contributed by atoms with Gasteiger partial charge in [-0.3, -0.25) is 4.55 Å². The van der Waals surface area contributed by atoms with Crippen molar-refractivity contribution < 1.29 is 22.3 Å². The average molecular weight is 685 g/mol. The summed E-state index contributed by atoms with van der Waals surface area (Å²) in [4.78, 5) is 0. The summed E-state index contributed by atoms with van der Waals surface area (Å²) in [5.74, 6) is 3.20. The zero-order valence-corrected chi connectivity index (χ0v) is 31.3. The molecule has 7 N–H and O–H groups in total. The minimum Gasteiger partial charge on any atom is -0.393 e. The van der Waals surface area contributed by atoms with E-state index in [0.29, 0.717) is 53.4 Å². The molecular weight excluding hydrogens is 612 g/mol. The Balaban J connectivity index is 1.23. The monoisotopic (exact) mass is 685 g/mol. The standard InChI is InChI=1S/C37H72N4O5S/c1-26(2)34(46-47(43,44)45)13-10-27(3)30-11-12-31-35-32(15-17-37(30,31)5)36(4)16-14-29(24-28(36)25-33(35)42)41-23-9-22-40-20-7-6-19-39-21-8-18-38/h26-35,39-42H,6-25,38H2,1-5H3,(H,43,44,45)/t27-,28-,29+,30-,31+,32+,33+,34-,35+,36+,37-/m1/s1. The third-order valence-electron chi connectivity index (χ3n) is 13.8. The SMILES string of the molecule is CC(C)[C@@H](CC[C@@H](C)[C@H]1CC[C@H]2[C@@H]3[C@@H](O)C[C@H]4C[C@@H](NCCCNCCCCNCCCN)CC[C@]4(C)[C@H]3CC[C@]12C)OS(=O)(=O)O. The summed E-state index contributed by atoms with van der Waals surface area (Å²) in [7, 11) is -4.46. The first kappa shape index (κ1) is 39.5. The molecule has 0 unspecified atom stereocenters. The molecule has 0 spiro atoms. The highest BCUT2D eigenvalue weighted by atomic mass is 32.3. The van der Waals surface area contributed by atoms with Gasteiger partial charge in [0.05, 0.1) is 12.2 Å². The van der Waals surface area contributed by atoms with Gasteiger partial charge in [0.25, 0.3) is 0 Å². The van der Waals surface area contributed by atoms with E-state index in [0.717, 1.165) is 65.0 Å². The molecule has 4 saturated carbocycles. The highest BCUT2D eigenvalue weighted by Gasteiger charge is 2.62. The number of aliphatic hydroxyl groups is 1. The first-order valence-corrected chi connectivity index (χ1v) is 20.8. The second-order valence-electron chi connectivity index (χ2n) is 17.0. The van der Waals surface area contributed by atoms with Crippen molar-refractivity contribution in [2.45, 2.75) is 143 Å². The molecule has 0 aromatic heterocycles. The normalized spacial score (nSPS) is 36.9. The Morgan fingerprint density at radius 3 is 2.13 bits per heavy atom. The first-order valence-electron chi connectivity index (χ1n) is 19.5. The molecule has 0 aromatic carbocycles. The molecule has 47 heavy (non-hydrogen) atoms. The summed E-state index contributed by atoms with van der Waals surface area (Å²) in [6.45, 7) is 17.4. The van der Waals surface area contributed by atoms with Gasteiger partial charge >= 0.3 is 10.4 Å². The number of unbranched alkanes of at least 4 members (excludes halogenated alkanes) is 1. The van der Waals surface area contributed by atoms with Crippen LogP contribution in [0.15, 0.2) is 0 Å². The van der Waals surface area contributed by atoms with E-state index in [-0.39, 0.29) is 17.4 Å². The van der Waals surface area contributed by atoms with Crippen LogP contribution in [0.5, 0.6) is 0 Å². The van der Waals surface area contributed by atoms with Crippen molar-refractivity contribution in [3.63, 3.8) is 0 Å². The van der Waals surface area contributed by atoms with Gasteiger partial charge in [0.15, 0.2) is 0 Å². The lowest BCUT2D eigenvalue weighted by molar-refractivity contribution is -0.167. The summed E-state index contributed by atoms with van der Waals surface area (Å²) in [6.07, 6.45) is 15.0. The number of hydrogen-bond donors (Lipinski definition) is 6. The van der Waals surface area contributed by atoms with Crippen LogP contribution in [0.4, 0.5) is 0 Å². The van der Waals surface area contributed by atoms with Crippen LogP contribution in [-0.4, -0.2) is 75.6 Å². The Morgan fingerprint density at radius 1 is 0.830 bits per heavy atom. The maximum Gasteiger partial charge on any atom is 0.397 e. The summed E-state index contributed by atoms with van der Waals surface area (Å²) in [6, 6.07) is 0.571. The van der Waals surface area contributed by atoms with Crippen LogP contribution >= 0.6 is 0 Å². The van der Waals surface area contributed by atoms with Crippen LogP contribution in [-0.2, 0) is 14.6 Å². The number of rotatable bonds is 20. The molecule has 11 atom stereocenters. The van der Waals surface area contributed by atoms with E-state index in [4.69, 9.17) is 9.92 Å². The molecule has 9 nitrogen and oxygen atoms in total. The van der Waals surface area contributed by atoms with Gasteiger partial charge in [0, 0.05) is 6.04 Å². The van der Waals surface area contributed by atoms with Gasteiger partial charge in [-0.25, -0.2) is 4.18 Å². The second-order valence-corrected chi connectivity index (χ2v) is 18.1. The predicted octanol–water partition coefficient (Wildman–Crippen LogP) is 5.53. The number of aliphatic hydroxyl groups excluding tert-OH is 1. The smallest absolute Gasteiger partial charge is 0.393 e. The number of fused-ring (bicyclic) bond motifs is 5. The number of nitrogens with one attached hydrogen (secondary N) is 3. The van der Waals surface area contributed by atoms with Crippen LogP contribution in [0.1, 0.15) is 125 Å². The molecule has 0 aromatic rings. The van der Waals surface area contributed by atoms with E-state index in [1.807, 2.05) is 13.8 Å². The molecule has 0 radical (unpaired) electrons. The minimum absolute atomic E-state index is 0.0137. The average Bonchev–Trinajstić information content (AvgIpc) is 3.36. The van der Waals surface area contributed by atoms with Gasteiger partial charge in [-0.1, -0.05) is 34.6 Å². The van der Waals surface area contributed by atoms with Crippen LogP contribution in [0.25, 0.3) is 0 Å². The lowest BCUT2D eigenvalue weighted by atomic mass is 9.43. The lowest BCUT2D eigenvalue weighted by Gasteiger charge is -2.62. The molecule has 4 aliphatic rings. The topological polar surface area (TPSA) is 146 Å². The first-order chi connectivity index (χ1) is 22.3. The fraction of sp³-hybridized carbons (Fsp3) is 1.00. The summed E-state index contributed by atoms with van der Waals surface area (Å²) >= 11 is 0. The highest BCUT2D eigenvalue weighted by Crippen LogP contribution is 2.68. The zero-order chi connectivity index (χ0) is 34.2. The van der Waals surface area contributed by atoms with Crippen molar-refractivity contribution in [2.75, 3.05) is 39.3 Å². The fourth-order valence-corrected chi connectivity index (χ4v) is 11.8. The van der Waals surface area contributed by atoms with Crippen molar-refractivity contribution in [3.05, 3.63) is 0 Å². The molecule has 0 heterocycles.